The van der Waals surface area contributed by atoms with Crippen LogP contribution in [0.15, 0.2) is 26.2 Å². The van der Waals surface area contributed by atoms with Gasteiger partial charge in [0.15, 0.2) is 0 Å². The molecule has 0 spiro atoms. The first-order valence-corrected chi connectivity index (χ1v) is 7.76. The summed E-state index contributed by atoms with van der Waals surface area (Å²) in [6, 6.07) is 3.35. The van der Waals surface area contributed by atoms with Gasteiger partial charge in [-0.2, -0.15) is 0 Å². The van der Waals surface area contributed by atoms with Gasteiger partial charge in [0.25, 0.3) is 0 Å². The lowest BCUT2D eigenvalue weighted by molar-refractivity contribution is -0.141. The van der Waals surface area contributed by atoms with E-state index >= 15 is 0 Å². The van der Waals surface area contributed by atoms with Crippen LogP contribution >= 0.6 is 15.9 Å². The lowest BCUT2D eigenvalue weighted by Gasteiger charge is -2.31. The average Bonchev–Trinajstić information content (AvgIpc) is 2.46. The molecule has 0 radical (unpaired) electrons. The number of esters is 1. The monoisotopic (exact) mass is 366 g/mol. The highest BCUT2D eigenvalue weighted by atomic mass is 79.9. The third-order valence-electron chi connectivity index (χ3n) is 4.16. The second-order valence-corrected chi connectivity index (χ2v) is 6.51. The number of ether oxygens (including phenoxy) is 1. The Labute approximate surface area is 134 Å². The maximum atomic E-state index is 12.3. The predicted octanol–water partition coefficient (Wildman–Crippen LogP) is 2.06. The molecule has 1 aliphatic rings. The number of halogens is 1. The fourth-order valence-electron chi connectivity index (χ4n) is 3.19. The van der Waals surface area contributed by atoms with E-state index < -0.39 is 17.1 Å². The highest BCUT2D eigenvalue weighted by Gasteiger charge is 2.30. The SMILES string of the molecule is COC(=O)C[C@@H]1C[C@H](C)c2cc(Br)cc3[nH]c(=O)c(=O)n1c23. The molecule has 1 aromatic heterocycles. The van der Waals surface area contributed by atoms with Crippen molar-refractivity contribution in [3.63, 3.8) is 0 Å². The summed E-state index contributed by atoms with van der Waals surface area (Å²) in [5, 5.41) is 0. The van der Waals surface area contributed by atoms with Crippen LogP contribution in [0.4, 0.5) is 0 Å². The van der Waals surface area contributed by atoms with Gasteiger partial charge in [0.05, 0.1) is 24.6 Å². The predicted molar refractivity (Wildman–Crippen MR) is 85.2 cm³/mol. The highest BCUT2D eigenvalue weighted by molar-refractivity contribution is 9.10. The third-order valence-corrected chi connectivity index (χ3v) is 4.62. The molecule has 1 aromatic carbocycles. The van der Waals surface area contributed by atoms with Crippen molar-refractivity contribution in [2.45, 2.75) is 31.7 Å². The van der Waals surface area contributed by atoms with Crippen molar-refractivity contribution in [3.8, 4) is 0 Å². The molecule has 22 heavy (non-hydrogen) atoms. The molecular weight excluding hydrogens is 352 g/mol. The molecule has 0 unspecified atom stereocenters. The van der Waals surface area contributed by atoms with Gasteiger partial charge < -0.3 is 9.72 Å². The van der Waals surface area contributed by atoms with Gasteiger partial charge in [-0.3, -0.25) is 19.0 Å². The summed E-state index contributed by atoms with van der Waals surface area (Å²) in [4.78, 5) is 38.5. The molecule has 3 rings (SSSR count). The molecule has 1 aliphatic heterocycles. The quantitative estimate of drug-likeness (QED) is 0.651. The molecule has 0 saturated heterocycles. The van der Waals surface area contributed by atoms with Gasteiger partial charge in [0.2, 0.25) is 0 Å². The molecule has 0 amide bonds. The van der Waals surface area contributed by atoms with Crippen LogP contribution in [0.3, 0.4) is 0 Å². The summed E-state index contributed by atoms with van der Waals surface area (Å²) >= 11 is 3.43. The molecule has 0 saturated carbocycles. The first kappa shape index (κ1) is 15.0. The summed E-state index contributed by atoms with van der Waals surface area (Å²) in [5.74, 6) is -0.224. The number of aromatic amines is 1. The third kappa shape index (κ3) is 2.29. The van der Waals surface area contributed by atoms with Crippen LogP contribution < -0.4 is 11.1 Å². The first-order valence-electron chi connectivity index (χ1n) is 6.97. The minimum absolute atomic E-state index is 0.0782. The maximum Gasteiger partial charge on any atom is 0.317 e. The van der Waals surface area contributed by atoms with Crippen molar-refractivity contribution in [2.75, 3.05) is 7.11 Å². The van der Waals surface area contributed by atoms with Crippen molar-refractivity contribution in [2.24, 2.45) is 0 Å². The average molecular weight is 367 g/mol. The first-order chi connectivity index (χ1) is 10.4. The molecule has 1 N–H and O–H groups in total. The van der Waals surface area contributed by atoms with Crippen molar-refractivity contribution >= 4 is 32.9 Å². The molecule has 0 aliphatic carbocycles. The van der Waals surface area contributed by atoms with Crippen molar-refractivity contribution in [1.29, 1.82) is 0 Å². The zero-order valence-electron chi connectivity index (χ0n) is 12.2. The Kier molecular flexibility index (Phi) is 3.68. The zero-order chi connectivity index (χ0) is 16.0. The van der Waals surface area contributed by atoms with Gasteiger partial charge in [-0.05, 0) is 30.0 Å². The number of methoxy groups -OCH3 is 1. The van der Waals surface area contributed by atoms with E-state index in [1.54, 1.807) is 6.07 Å². The summed E-state index contributed by atoms with van der Waals surface area (Å²) in [5.41, 5.74) is 0.965. The summed E-state index contributed by atoms with van der Waals surface area (Å²) in [6.45, 7) is 2.05. The minimum atomic E-state index is -0.680. The Balaban J connectivity index is 2.35. The Morgan fingerprint density at radius 1 is 1.45 bits per heavy atom. The number of aromatic nitrogens is 2. The van der Waals surface area contributed by atoms with Gasteiger partial charge in [-0.15, -0.1) is 0 Å². The summed E-state index contributed by atoms with van der Waals surface area (Å²) in [6.07, 6.45) is 0.686. The molecular formula is C15H15BrN2O4. The molecule has 2 aromatic rings. The Hall–Kier alpha value is -1.89. The molecule has 0 bridgehead atoms. The summed E-state index contributed by atoms with van der Waals surface area (Å²) < 4.78 is 7.01. The normalized spacial score (nSPS) is 20.1. The van der Waals surface area contributed by atoms with E-state index in [9.17, 15) is 14.4 Å². The van der Waals surface area contributed by atoms with Crippen LogP contribution in [0.1, 0.15) is 37.3 Å². The molecule has 2 atom stereocenters. The number of nitrogens with zero attached hydrogens (tertiary/aromatic N) is 1. The van der Waals surface area contributed by atoms with Crippen LogP contribution in [0, 0.1) is 0 Å². The number of rotatable bonds is 2. The number of carbonyl (C=O) groups is 1. The van der Waals surface area contributed by atoms with Crippen molar-refractivity contribution in [3.05, 3.63) is 42.9 Å². The number of hydrogen-bond donors (Lipinski definition) is 1. The maximum absolute atomic E-state index is 12.3. The number of hydrogen-bond acceptors (Lipinski definition) is 4. The fraction of sp³-hybridized carbons (Fsp3) is 0.400. The van der Waals surface area contributed by atoms with E-state index in [2.05, 4.69) is 20.9 Å². The van der Waals surface area contributed by atoms with Gasteiger partial charge in [0, 0.05) is 10.5 Å². The number of benzene rings is 1. The standard InChI is InChI=1S/C15H15BrN2O4/c1-7-3-9(6-12(19)22-2)18-13-10(7)4-8(16)5-11(13)17-14(20)15(18)21/h4-5,7,9H,3,6H2,1-2H3,(H,17,20)/t7-,9-/m0/s1. The largest absolute Gasteiger partial charge is 0.469 e. The molecule has 116 valence electrons. The second-order valence-electron chi connectivity index (χ2n) is 5.59. The van der Waals surface area contributed by atoms with Crippen LogP contribution in [-0.4, -0.2) is 22.6 Å². The van der Waals surface area contributed by atoms with Crippen LogP contribution in [0.5, 0.6) is 0 Å². The molecule has 7 heteroatoms. The molecule has 2 heterocycles. The van der Waals surface area contributed by atoms with Crippen LogP contribution in [-0.2, 0) is 9.53 Å². The lowest BCUT2D eigenvalue weighted by Crippen LogP contribution is -2.41. The Bertz CT molecular complexity index is 883. The topological polar surface area (TPSA) is 81.2 Å². The van der Waals surface area contributed by atoms with E-state index in [1.807, 2.05) is 13.0 Å². The van der Waals surface area contributed by atoms with E-state index in [0.29, 0.717) is 17.5 Å². The summed E-state index contributed by atoms with van der Waals surface area (Å²) in [7, 11) is 1.32. The zero-order valence-corrected chi connectivity index (χ0v) is 13.8. The van der Waals surface area contributed by atoms with E-state index in [4.69, 9.17) is 4.74 Å². The van der Waals surface area contributed by atoms with Crippen LogP contribution in [0.25, 0.3) is 11.0 Å². The number of carbonyl (C=O) groups excluding carboxylic acids is 1. The Morgan fingerprint density at radius 2 is 2.18 bits per heavy atom. The van der Waals surface area contributed by atoms with E-state index in [-0.39, 0.29) is 18.4 Å². The smallest absolute Gasteiger partial charge is 0.317 e. The van der Waals surface area contributed by atoms with Crippen molar-refractivity contribution < 1.29 is 9.53 Å². The lowest BCUT2D eigenvalue weighted by atomic mass is 9.87. The van der Waals surface area contributed by atoms with E-state index in [1.165, 1.54) is 11.7 Å². The number of nitrogens with one attached hydrogen (secondary N) is 1. The minimum Gasteiger partial charge on any atom is -0.469 e. The van der Waals surface area contributed by atoms with Gasteiger partial charge in [-0.25, -0.2) is 0 Å². The van der Waals surface area contributed by atoms with Gasteiger partial charge in [-0.1, -0.05) is 22.9 Å². The molecule has 6 nitrogen and oxygen atoms in total. The Morgan fingerprint density at radius 3 is 2.86 bits per heavy atom. The van der Waals surface area contributed by atoms with Crippen LogP contribution in [0.2, 0.25) is 0 Å². The fourth-order valence-corrected chi connectivity index (χ4v) is 3.66. The van der Waals surface area contributed by atoms with Gasteiger partial charge >= 0.3 is 17.1 Å². The van der Waals surface area contributed by atoms with Gasteiger partial charge in [0.1, 0.15) is 0 Å². The van der Waals surface area contributed by atoms with E-state index in [0.717, 1.165) is 10.0 Å². The molecule has 0 fully saturated rings. The second kappa shape index (κ2) is 5.39. The highest BCUT2D eigenvalue weighted by Crippen LogP contribution is 2.39. The van der Waals surface area contributed by atoms with Crippen molar-refractivity contribution in [1.82, 2.24) is 9.55 Å². The number of H-pyrrole nitrogens is 1.